The number of hydrogen-bond acceptors (Lipinski definition) is 4. The smallest absolute Gasteiger partial charge is 0.245 e. The third-order valence-electron chi connectivity index (χ3n) is 5.29. The maximum absolute atomic E-state index is 13.0. The zero-order chi connectivity index (χ0) is 18.1. The largest absolute Gasteiger partial charge is 0.332 e. The van der Waals surface area contributed by atoms with Gasteiger partial charge in [0.25, 0.3) is 0 Å². The average Bonchev–Trinajstić information content (AvgIpc) is 3.11. The molecule has 1 unspecified atom stereocenters. The first-order chi connectivity index (χ1) is 12.6. The molecule has 0 spiro atoms. The minimum Gasteiger partial charge on any atom is -0.332 e. The topological polar surface area (TPSA) is 71.3 Å². The van der Waals surface area contributed by atoms with E-state index in [2.05, 4.69) is 14.8 Å². The Balaban J connectivity index is 1.53. The van der Waals surface area contributed by atoms with Crippen LogP contribution in [0.15, 0.2) is 30.3 Å². The molecule has 26 heavy (non-hydrogen) atoms. The molecule has 1 saturated heterocycles. The van der Waals surface area contributed by atoms with Crippen LogP contribution < -0.4 is 0 Å². The van der Waals surface area contributed by atoms with Gasteiger partial charge in [-0.15, -0.1) is 10.2 Å². The van der Waals surface area contributed by atoms with Crippen LogP contribution >= 0.6 is 0 Å². The van der Waals surface area contributed by atoms with Crippen LogP contribution in [-0.4, -0.2) is 55.5 Å². The Hall–Kier alpha value is -2.70. The van der Waals surface area contributed by atoms with E-state index in [4.69, 9.17) is 0 Å². The SMILES string of the molecule is CC(=O)N1CCCCC1C(=O)N1CCn2c(nnc2-c2ccccc2)C1. The summed E-state index contributed by atoms with van der Waals surface area (Å²) in [7, 11) is 0. The second kappa shape index (κ2) is 6.90. The van der Waals surface area contributed by atoms with Crippen LogP contribution in [0.1, 0.15) is 32.0 Å². The summed E-state index contributed by atoms with van der Waals surface area (Å²) >= 11 is 0. The lowest BCUT2D eigenvalue weighted by Crippen LogP contribution is -2.53. The summed E-state index contributed by atoms with van der Waals surface area (Å²) in [6.45, 7) is 3.95. The molecule has 2 aliphatic heterocycles. The predicted molar refractivity (Wildman–Crippen MR) is 95.9 cm³/mol. The molecule has 2 aliphatic rings. The van der Waals surface area contributed by atoms with Crippen LogP contribution in [0.25, 0.3) is 11.4 Å². The van der Waals surface area contributed by atoms with Crippen LogP contribution in [0.3, 0.4) is 0 Å². The summed E-state index contributed by atoms with van der Waals surface area (Å²) in [5.74, 6) is 1.66. The molecule has 1 fully saturated rings. The molecule has 2 aromatic rings. The Bertz CT molecular complexity index is 817. The van der Waals surface area contributed by atoms with Gasteiger partial charge in [-0.2, -0.15) is 0 Å². The van der Waals surface area contributed by atoms with Gasteiger partial charge in [0.15, 0.2) is 11.6 Å². The lowest BCUT2D eigenvalue weighted by Gasteiger charge is -2.38. The van der Waals surface area contributed by atoms with Gasteiger partial charge in [-0.1, -0.05) is 30.3 Å². The fourth-order valence-electron chi connectivity index (χ4n) is 3.92. The van der Waals surface area contributed by atoms with Crippen LogP contribution in [0.5, 0.6) is 0 Å². The minimum atomic E-state index is -0.329. The maximum Gasteiger partial charge on any atom is 0.245 e. The van der Waals surface area contributed by atoms with Crippen molar-refractivity contribution in [3.8, 4) is 11.4 Å². The number of hydrogen-bond donors (Lipinski definition) is 0. The summed E-state index contributed by atoms with van der Waals surface area (Å²) < 4.78 is 2.09. The van der Waals surface area contributed by atoms with E-state index in [0.29, 0.717) is 26.2 Å². The van der Waals surface area contributed by atoms with Crippen molar-refractivity contribution in [1.82, 2.24) is 24.6 Å². The number of carbonyl (C=O) groups excluding carboxylic acids is 2. The molecule has 136 valence electrons. The first-order valence-corrected chi connectivity index (χ1v) is 9.18. The van der Waals surface area contributed by atoms with Crippen molar-refractivity contribution in [3.05, 3.63) is 36.2 Å². The Kier molecular flexibility index (Phi) is 4.44. The number of nitrogens with zero attached hydrogens (tertiary/aromatic N) is 5. The standard InChI is InChI=1S/C19H23N5O2/c1-14(25)23-10-6-5-9-16(23)19(26)22-11-12-24-17(13-22)20-21-18(24)15-7-3-2-4-8-15/h2-4,7-8,16H,5-6,9-13H2,1H3. The molecule has 3 heterocycles. The maximum atomic E-state index is 13.0. The van der Waals surface area contributed by atoms with E-state index in [1.807, 2.05) is 35.2 Å². The summed E-state index contributed by atoms with van der Waals surface area (Å²) in [5, 5.41) is 8.63. The predicted octanol–water partition coefficient (Wildman–Crippen LogP) is 1.69. The van der Waals surface area contributed by atoms with Gasteiger partial charge in [-0.25, -0.2) is 0 Å². The molecule has 0 radical (unpaired) electrons. The third-order valence-corrected chi connectivity index (χ3v) is 5.29. The van der Waals surface area contributed by atoms with Gasteiger partial charge in [-0.05, 0) is 19.3 Å². The van der Waals surface area contributed by atoms with Gasteiger partial charge in [0.05, 0.1) is 6.54 Å². The number of likely N-dealkylation sites (tertiary alicyclic amines) is 1. The van der Waals surface area contributed by atoms with Crippen LogP contribution in [0.2, 0.25) is 0 Å². The van der Waals surface area contributed by atoms with E-state index < -0.39 is 0 Å². The highest BCUT2D eigenvalue weighted by Crippen LogP contribution is 2.24. The minimum absolute atomic E-state index is 0.0189. The van der Waals surface area contributed by atoms with E-state index in [0.717, 1.165) is 36.5 Å². The van der Waals surface area contributed by atoms with Gasteiger partial charge in [0, 0.05) is 32.1 Å². The summed E-state index contributed by atoms with van der Waals surface area (Å²) in [6.07, 6.45) is 2.71. The van der Waals surface area contributed by atoms with Gasteiger partial charge in [0.1, 0.15) is 6.04 Å². The second-order valence-corrected chi connectivity index (χ2v) is 6.94. The first-order valence-electron chi connectivity index (χ1n) is 9.18. The number of aromatic nitrogens is 3. The molecule has 0 N–H and O–H groups in total. The summed E-state index contributed by atoms with van der Waals surface area (Å²) in [4.78, 5) is 28.5. The monoisotopic (exact) mass is 353 g/mol. The Labute approximate surface area is 152 Å². The highest BCUT2D eigenvalue weighted by molar-refractivity contribution is 5.87. The fraction of sp³-hybridized carbons (Fsp3) is 0.474. The number of benzene rings is 1. The van der Waals surface area contributed by atoms with E-state index in [9.17, 15) is 9.59 Å². The van der Waals surface area contributed by atoms with Crippen LogP contribution in [-0.2, 0) is 22.7 Å². The highest BCUT2D eigenvalue weighted by Gasteiger charge is 2.35. The van der Waals surface area contributed by atoms with Crippen molar-refractivity contribution < 1.29 is 9.59 Å². The van der Waals surface area contributed by atoms with Gasteiger partial charge in [-0.3, -0.25) is 9.59 Å². The molecule has 7 heteroatoms. The molecule has 2 amide bonds. The Morgan fingerprint density at radius 3 is 2.62 bits per heavy atom. The number of amides is 2. The van der Waals surface area contributed by atoms with Crippen molar-refractivity contribution in [2.45, 2.75) is 45.3 Å². The quantitative estimate of drug-likeness (QED) is 0.824. The lowest BCUT2D eigenvalue weighted by atomic mass is 10.0. The molecule has 7 nitrogen and oxygen atoms in total. The highest BCUT2D eigenvalue weighted by atomic mass is 16.2. The van der Waals surface area contributed by atoms with Gasteiger partial charge in [0.2, 0.25) is 11.8 Å². The molecule has 0 bridgehead atoms. The lowest BCUT2D eigenvalue weighted by molar-refractivity contribution is -0.147. The molecule has 1 aromatic heterocycles. The number of rotatable bonds is 2. The van der Waals surface area contributed by atoms with E-state index in [1.54, 1.807) is 11.8 Å². The molecular formula is C19H23N5O2. The van der Waals surface area contributed by atoms with Crippen LogP contribution in [0, 0.1) is 0 Å². The van der Waals surface area contributed by atoms with Crippen molar-refractivity contribution in [2.24, 2.45) is 0 Å². The normalized spacial score (nSPS) is 20.0. The summed E-state index contributed by atoms with van der Waals surface area (Å²) in [6, 6.07) is 9.64. The van der Waals surface area contributed by atoms with Crippen molar-refractivity contribution >= 4 is 11.8 Å². The molecule has 4 rings (SSSR count). The second-order valence-electron chi connectivity index (χ2n) is 6.94. The Morgan fingerprint density at radius 2 is 1.85 bits per heavy atom. The molecule has 0 saturated carbocycles. The van der Waals surface area contributed by atoms with E-state index >= 15 is 0 Å². The van der Waals surface area contributed by atoms with E-state index in [1.165, 1.54) is 0 Å². The molecule has 1 aromatic carbocycles. The van der Waals surface area contributed by atoms with E-state index in [-0.39, 0.29) is 17.9 Å². The number of piperidine rings is 1. The van der Waals surface area contributed by atoms with Crippen molar-refractivity contribution in [2.75, 3.05) is 13.1 Å². The summed E-state index contributed by atoms with van der Waals surface area (Å²) in [5.41, 5.74) is 1.03. The zero-order valence-electron chi connectivity index (χ0n) is 15.0. The van der Waals surface area contributed by atoms with Gasteiger partial charge >= 0.3 is 0 Å². The van der Waals surface area contributed by atoms with Crippen LogP contribution in [0.4, 0.5) is 0 Å². The Morgan fingerprint density at radius 1 is 1.04 bits per heavy atom. The van der Waals surface area contributed by atoms with Gasteiger partial charge < -0.3 is 14.4 Å². The van der Waals surface area contributed by atoms with Crippen molar-refractivity contribution in [1.29, 1.82) is 0 Å². The number of fused-ring (bicyclic) bond motifs is 1. The first kappa shape index (κ1) is 16.8. The number of carbonyl (C=O) groups is 2. The van der Waals surface area contributed by atoms with Crippen molar-refractivity contribution in [3.63, 3.8) is 0 Å². The zero-order valence-corrected chi connectivity index (χ0v) is 15.0. The molecule has 1 atom stereocenters. The average molecular weight is 353 g/mol. The third kappa shape index (κ3) is 2.98. The molecule has 0 aliphatic carbocycles. The molecular weight excluding hydrogens is 330 g/mol. The fourth-order valence-corrected chi connectivity index (χ4v) is 3.92.